The van der Waals surface area contributed by atoms with Crippen LogP contribution >= 0.6 is 0 Å². The lowest BCUT2D eigenvalue weighted by Gasteiger charge is -2.31. The molecule has 0 saturated carbocycles. The number of nitrogens with one attached hydrogen (secondary N) is 1. The molecule has 1 aliphatic rings. The molecule has 0 radical (unpaired) electrons. The largest absolute Gasteiger partial charge is 0.375 e. The summed E-state index contributed by atoms with van der Waals surface area (Å²) in [6, 6.07) is 5.60. The number of morpholine rings is 1. The van der Waals surface area contributed by atoms with Gasteiger partial charge in [0, 0.05) is 13.1 Å². The predicted octanol–water partition coefficient (Wildman–Crippen LogP) is 1.14. The first kappa shape index (κ1) is 12.9. The number of rotatable bonds is 2. The summed E-state index contributed by atoms with van der Waals surface area (Å²) in [5.41, 5.74) is 4.93. The first-order valence-electron chi connectivity index (χ1n) is 6.10. The minimum atomic E-state index is -0.00176. The van der Waals surface area contributed by atoms with Crippen LogP contribution in [-0.2, 0) is 4.74 Å². The van der Waals surface area contributed by atoms with E-state index in [9.17, 15) is 4.79 Å². The molecule has 1 aliphatic heterocycles. The Balaban J connectivity index is 2.22. The van der Waals surface area contributed by atoms with Gasteiger partial charge in [-0.05, 0) is 31.5 Å². The fourth-order valence-corrected chi connectivity index (χ4v) is 2.14. The lowest BCUT2D eigenvalue weighted by atomic mass is 10.1. The van der Waals surface area contributed by atoms with Crippen LogP contribution in [0.4, 0.5) is 5.69 Å². The topological polar surface area (TPSA) is 67.6 Å². The van der Waals surface area contributed by atoms with Crippen molar-refractivity contribution in [3.63, 3.8) is 0 Å². The highest BCUT2D eigenvalue weighted by atomic mass is 16.5. The van der Waals surface area contributed by atoms with Crippen molar-refractivity contribution in [3.8, 4) is 0 Å². The molecule has 1 aromatic carbocycles. The molecule has 1 heterocycles. The van der Waals surface area contributed by atoms with Gasteiger partial charge >= 0.3 is 0 Å². The highest BCUT2D eigenvalue weighted by molar-refractivity contribution is 5.99. The average molecular weight is 249 g/mol. The molecular weight excluding hydrogens is 230 g/mol. The van der Waals surface area contributed by atoms with Crippen LogP contribution < -0.4 is 11.3 Å². The quantitative estimate of drug-likeness (QED) is 0.609. The number of nitrogen functional groups attached to an aromatic ring is 1. The van der Waals surface area contributed by atoms with Gasteiger partial charge in [-0.25, -0.2) is 0 Å². The molecule has 0 bridgehead atoms. The first-order chi connectivity index (χ1) is 8.61. The Kier molecular flexibility index (Phi) is 3.84. The number of amides is 1. The van der Waals surface area contributed by atoms with Crippen molar-refractivity contribution in [1.82, 2.24) is 4.90 Å². The maximum atomic E-state index is 12.4. The zero-order valence-corrected chi connectivity index (χ0v) is 10.8. The second-order valence-corrected chi connectivity index (χ2v) is 4.63. The van der Waals surface area contributed by atoms with Gasteiger partial charge in [0.25, 0.3) is 5.91 Å². The summed E-state index contributed by atoms with van der Waals surface area (Å²) in [5, 5.41) is 0. The molecular formula is C13H19N3O2. The van der Waals surface area contributed by atoms with Crippen molar-refractivity contribution < 1.29 is 9.53 Å². The molecule has 5 heteroatoms. The lowest BCUT2D eigenvalue weighted by molar-refractivity contribution is -0.0123. The normalized spacial score (nSPS) is 19.7. The second kappa shape index (κ2) is 5.37. The Morgan fingerprint density at radius 2 is 2.33 bits per heavy atom. The molecule has 1 aromatic rings. The fraction of sp³-hybridized carbons (Fsp3) is 0.462. The number of aryl methyl sites for hydroxylation is 1. The summed E-state index contributed by atoms with van der Waals surface area (Å²) in [7, 11) is 0. The lowest BCUT2D eigenvalue weighted by Crippen LogP contribution is -2.44. The van der Waals surface area contributed by atoms with Crippen LogP contribution in [0.2, 0.25) is 0 Å². The monoisotopic (exact) mass is 249 g/mol. The van der Waals surface area contributed by atoms with Crippen LogP contribution in [-0.4, -0.2) is 36.6 Å². The maximum Gasteiger partial charge on any atom is 0.256 e. The van der Waals surface area contributed by atoms with Crippen LogP contribution in [0.15, 0.2) is 18.2 Å². The third-order valence-electron chi connectivity index (χ3n) is 3.09. The number of ether oxygens (including phenoxy) is 1. The zero-order valence-electron chi connectivity index (χ0n) is 10.8. The summed E-state index contributed by atoms with van der Waals surface area (Å²) in [5.74, 6) is 5.47. The second-order valence-electron chi connectivity index (χ2n) is 4.63. The molecule has 18 heavy (non-hydrogen) atoms. The van der Waals surface area contributed by atoms with Gasteiger partial charge in [-0.15, -0.1) is 0 Å². The van der Waals surface area contributed by atoms with Crippen molar-refractivity contribution in [3.05, 3.63) is 29.3 Å². The highest BCUT2D eigenvalue weighted by Crippen LogP contribution is 2.19. The van der Waals surface area contributed by atoms with Crippen molar-refractivity contribution in [1.29, 1.82) is 0 Å². The van der Waals surface area contributed by atoms with Crippen LogP contribution in [0.3, 0.4) is 0 Å². The Hall–Kier alpha value is -1.59. The van der Waals surface area contributed by atoms with E-state index in [0.29, 0.717) is 30.9 Å². The molecule has 0 aromatic heterocycles. The smallest absolute Gasteiger partial charge is 0.256 e. The van der Waals surface area contributed by atoms with E-state index in [4.69, 9.17) is 10.6 Å². The van der Waals surface area contributed by atoms with Gasteiger partial charge in [0.05, 0.1) is 24.0 Å². The molecule has 98 valence electrons. The number of nitrogens with zero attached hydrogens (tertiary/aromatic N) is 1. The summed E-state index contributed by atoms with van der Waals surface area (Å²) >= 11 is 0. The molecule has 0 aliphatic carbocycles. The van der Waals surface area contributed by atoms with E-state index in [1.807, 2.05) is 32.0 Å². The minimum absolute atomic E-state index is 0.00176. The van der Waals surface area contributed by atoms with E-state index >= 15 is 0 Å². The van der Waals surface area contributed by atoms with Gasteiger partial charge in [0.1, 0.15) is 0 Å². The number of hydrogen-bond acceptors (Lipinski definition) is 4. The van der Waals surface area contributed by atoms with E-state index < -0.39 is 0 Å². The Bertz CT molecular complexity index is 448. The summed E-state index contributed by atoms with van der Waals surface area (Å²) in [4.78, 5) is 14.2. The minimum Gasteiger partial charge on any atom is -0.375 e. The molecule has 1 unspecified atom stereocenters. The SMILES string of the molecule is Cc1ccc(C(=O)N2CCOC(C)C2)c(NN)c1. The number of hydrogen-bond donors (Lipinski definition) is 2. The van der Waals surface area contributed by atoms with Crippen LogP contribution in [0.25, 0.3) is 0 Å². The molecule has 0 spiro atoms. The van der Waals surface area contributed by atoms with Gasteiger partial charge in [-0.3, -0.25) is 10.6 Å². The summed E-state index contributed by atoms with van der Waals surface area (Å²) in [6.45, 7) is 5.77. The van der Waals surface area contributed by atoms with Crippen molar-refractivity contribution >= 4 is 11.6 Å². The number of carbonyl (C=O) groups is 1. The molecule has 3 N–H and O–H groups in total. The van der Waals surface area contributed by atoms with Crippen LogP contribution in [0.5, 0.6) is 0 Å². The average Bonchev–Trinajstić information content (AvgIpc) is 2.37. The van der Waals surface area contributed by atoms with E-state index in [0.717, 1.165) is 5.56 Å². The first-order valence-corrected chi connectivity index (χ1v) is 6.10. The van der Waals surface area contributed by atoms with Crippen molar-refractivity contribution in [2.45, 2.75) is 20.0 Å². The summed E-state index contributed by atoms with van der Waals surface area (Å²) < 4.78 is 5.44. The van der Waals surface area contributed by atoms with E-state index in [1.54, 1.807) is 4.90 Å². The molecule has 1 amide bonds. The molecule has 5 nitrogen and oxygen atoms in total. The van der Waals surface area contributed by atoms with E-state index in [-0.39, 0.29) is 12.0 Å². The molecule has 1 saturated heterocycles. The van der Waals surface area contributed by atoms with E-state index in [1.165, 1.54) is 0 Å². The van der Waals surface area contributed by atoms with Crippen LogP contribution in [0, 0.1) is 6.92 Å². The Morgan fingerprint density at radius 1 is 1.56 bits per heavy atom. The number of anilines is 1. The highest BCUT2D eigenvalue weighted by Gasteiger charge is 2.24. The third-order valence-corrected chi connectivity index (χ3v) is 3.09. The number of benzene rings is 1. The van der Waals surface area contributed by atoms with Gasteiger partial charge in [0.2, 0.25) is 0 Å². The van der Waals surface area contributed by atoms with Gasteiger partial charge in [-0.1, -0.05) is 6.07 Å². The van der Waals surface area contributed by atoms with E-state index in [2.05, 4.69) is 5.43 Å². The number of carbonyl (C=O) groups excluding carboxylic acids is 1. The summed E-state index contributed by atoms with van der Waals surface area (Å²) in [6.07, 6.45) is 0.0856. The predicted molar refractivity (Wildman–Crippen MR) is 70.3 cm³/mol. The van der Waals surface area contributed by atoms with Gasteiger partial charge in [0.15, 0.2) is 0 Å². The fourth-order valence-electron chi connectivity index (χ4n) is 2.14. The van der Waals surface area contributed by atoms with Crippen molar-refractivity contribution in [2.75, 3.05) is 25.1 Å². The van der Waals surface area contributed by atoms with Gasteiger partial charge in [-0.2, -0.15) is 0 Å². The van der Waals surface area contributed by atoms with Gasteiger partial charge < -0.3 is 15.1 Å². The maximum absolute atomic E-state index is 12.4. The van der Waals surface area contributed by atoms with Crippen LogP contribution in [0.1, 0.15) is 22.8 Å². The standard InChI is InChI=1S/C13H19N3O2/c1-9-3-4-11(12(7-9)15-14)13(17)16-5-6-18-10(2)8-16/h3-4,7,10,15H,5-6,8,14H2,1-2H3. The Morgan fingerprint density at radius 3 is 3.00 bits per heavy atom. The molecule has 1 fully saturated rings. The molecule has 1 atom stereocenters. The number of nitrogens with two attached hydrogens (primary N) is 1. The van der Waals surface area contributed by atoms with Crippen molar-refractivity contribution in [2.24, 2.45) is 5.84 Å². The Labute approximate surface area is 107 Å². The zero-order chi connectivity index (χ0) is 13.1. The third kappa shape index (κ3) is 2.63. The molecule has 2 rings (SSSR count). The number of hydrazine groups is 1.